The second-order valence-electron chi connectivity index (χ2n) is 5.83. The van der Waals surface area contributed by atoms with Crippen LogP contribution in [0.15, 0.2) is 42.5 Å². The first-order chi connectivity index (χ1) is 11.6. The van der Waals surface area contributed by atoms with E-state index in [-0.39, 0.29) is 24.3 Å². The van der Waals surface area contributed by atoms with Gasteiger partial charge in [0.15, 0.2) is 0 Å². The van der Waals surface area contributed by atoms with E-state index in [1.807, 2.05) is 18.2 Å². The normalized spacial score (nSPS) is 15.7. The third kappa shape index (κ3) is 3.44. The lowest BCUT2D eigenvalue weighted by Crippen LogP contribution is -2.27. The monoisotopic (exact) mass is 343 g/mol. The van der Waals surface area contributed by atoms with Crippen LogP contribution >= 0.6 is 11.6 Å². The van der Waals surface area contributed by atoms with Gasteiger partial charge in [-0.05, 0) is 41.7 Å². The Morgan fingerprint density at radius 2 is 2.04 bits per heavy atom. The summed E-state index contributed by atoms with van der Waals surface area (Å²) in [4.78, 5) is 23.9. The molecule has 24 heavy (non-hydrogen) atoms. The number of amides is 1. The summed E-state index contributed by atoms with van der Waals surface area (Å²) in [5.41, 5.74) is 3.63. The molecule has 2 aromatic carbocycles. The largest absolute Gasteiger partial charge is 0.469 e. The van der Waals surface area contributed by atoms with Gasteiger partial charge in [0.1, 0.15) is 0 Å². The van der Waals surface area contributed by atoms with Crippen LogP contribution in [0.5, 0.6) is 0 Å². The fourth-order valence-corrected chi connectivity index (χ4v) is 3.25. The molecule has 124 valence electrons. The van der Waals surface area contributed by atoms with Crippen molar-refractivity contribution in [1.29, 1.82) is 0 Å². The fraction of sp³-hybridized carbons (Fsp3) is 0.263. The van der Waals surface area contributed by atoms with Crippen molar-refractivity contribution in [3.63, 3.8) is 0 Å². The smallest absolute Gasteiger partial charge is 0.309 e. The summed E-state index contributed by atoms with van der Waals surface area (Å²) in [6, 6.07) is 12.9. The van der Waals surface area contributed by atoms with Crippen molar-refractivity contribution < 1.29 is 14.3 Å². The molecule has 0 fully saturated rings. The van der Waals surface area contributed by atoms with Gasteiger partial charge < -0.3 is 10.1 Å². The number of rotatable bonds is 4. The number of esters is 1. The second kappa shape index (κ2) is 7.05. The van der Waals surface area contributed by atoms with Crippen LogP contribution in [0.2, 0.25) is 5.02 Å². The highest BCUT2D eigenvalue weighted by Gasteiger charge is 2.25. The van der Waals surface area contributed by atoms with Crippen LogP contribution in [0, 0.1) is 0 Å². The Labute approximate surface area is 145 Å². The topological polar surface area (TPSA) is 55.4 Å². The maximum Gasteiger partial charge on any atom is 0.309 e. The lowest BCUT2D eigenvalue weighted by atomic mass is 10.0. The van der Waals surface area contributed by atoms with Gasteiger partial charge in [-0.15, -0.1) is 0 Å². The summed E-state index contributed by atoms with van der Waals surface area (Å²) in [6.07, 6.45) is 1.98. The molecule has 0 bridgehead atoms. The van der Waals surface area contributed by atoms with Crippen molar-refractivity contribution in [2.24, 2.45) is 0 Å². The van der Waals surface area contributed by atoms with Gasteiger partial charge in [-0.1, -0.05) is 41.9 Å². The number of benzene rings is 2. The summed E-state index contributed by atoms with van der Waals surface area (Å²) in [5.74, 6) is -0.457. The number of methoxy groups -OCH3 is 1. The summed E-state index contributed by atoms with van der Waals surface area (Å²) >= 11 is 6.09. The first-order valence-corrected chi connectivity index (χ1v) is 8.20. The van der Waals surface area contributed by atoms with Gasteiger partial charge in [0, 0.05) is 0 Å². The van der Waals surface area contributed by atoms with Gasteiger partial charge in [-0.3, -0.25) is 9.59 Å². The number of hydrogen-bond donors (Lipinski definition) is 1. The van der Waals surface area contributed by atoms with E-state index in [0.717, 1.165) is 24.0 Å². The molecule has 1 aliphatic rings. The zero-order chi connectivity index (χ0) is 17.1. The predicted octanol–water partition coefficient (Wildman–Crippen LogP) is 3.47. The Morgan fingerprint density at radius 1 is 1.25 bits per heavy atom. The van der Waals surface area contributed by atoms with Crippen molar-refractivity contribution in [1.82, 2.24) is 5.32 Å². The molecule has 0 aliphatic heterocycles. The van der Waals surface area contributed by atoms with Crippen molar-refractivity contribution in [3.8, 4) is 0 Å². The van der Waals surface area contributed by atoms with Crippen LogP contribution in [-0.2, 0) is 22.4 Å². The number of carbonyl (C=O) groups excluding carboxylic acids is 2. The summed E-state index contributed by atoms with van der Waals surface area (Å²) < 4.78 is 4.71. The number of fused-ring (bicyclic) bond motifs is 1. The van der Waals surface area contributed by atoms with Gasteiger partial charge in [-0.2, -0.15) is 0 Å². The lowest BCUT2D eigenvalue weighted by Gasteiger charge is -2.15. The fourth-order valence-electron chi connectivity index (χ4n) is 3.03. The van der Waals surface area contributed by atoms with E-state index in [0.29, 0.717) is 10.6 Å². The maximum atomic E-state index is 12.5. The van der Waals surface area contributed by atoms with Crippen molar-refractivity contribution in [2.75, 3.05) is 7.11 Å². The molecule has 0 saturated heterocycles. The van der Waals surface area contributed by atoms with Gasteiger partial charge in [-0.25, -0.2) is 0 Å². The van der Waals surface area contributed by atoms with E-state index < -0.39 is 0 Å². The maximum absolute atomic E-state index is 12.5. The number of ether oxygens (including phenoxy) is 1. The molecule has 3 rings (SSSR count). The van der Waals surface area contributed by atoms with Gasteiger partial charge in [0.2, 0.25) is 0 Å². The van der Waals surface area contributed by atoms with E-state index >= 15 is 0 Å². The molecule has 1 aliphatic carbocycles. The second-order valence-corrected chi connectivity index (χ2v) is 6.24. The quantitative estimate of drug-likeness (QED) is 0.865. The Kier molecular flexibility index (Phi) is 4.86. The van der Waals surface area contributed by atoms with Crippen LogP contribution in [0.4, 0.5) is 0 Å². The third-order valence-electron chi connectivity index (χ3n) is 4.29. The van der Waals surface area contributed by atoms with Crippen LogP contribution in [0.1, 0.15) is 39.5 Å². The van der Waals surface area contributed by atoms with Crippen molar-refractivity contribution in [3.05, 3.63) is 69.7 Å². The summed E-state index contributed by atoms with van der Waals surface area (Å²) in [5, 5.41) is 3.48. The Balaban J connectivity index is 1.78. The molecule has 1 N–H and O–H groups in total. The number of halogens is 1. The summed E-state index contributed by atoms with van der Waals surface area (Å²) in [7, 11) is 1.38. The highest BCUT2D eigenvalue weighted by Crippen LogP contribution is 2.32. The molecule has 0 heterocycles. The number of nitrogens with one attached hydrogen (secondary N) is 1. The SMILES string of the molecule is COC(=O)Cc1ccc2c(c1)C(NC(=O)c1ccccc1Cl)CC2. The average Bonchev–Trinajstić information content (AvgIpc) is 2.97. The minimum atomic E-state index is -0.274. The Bertz CT molecular complexity index is 788. The van der Waals surface area contributed by atoms with Crippen LogP contribution < -0.4 is 5.32 Å². The van der Waals surface area contributed by atoms with E-state index in [2.05, 4.69) is 5.32 Å². The Morgan fingerprint density at radius 3 is 2.79 bits per heavy atom. The molecular formula is C19H18ClNO3. The van der Waals surface area contributed by atoms with Crippen LogP contribution in [0.25, 0.3) is 0 Å². The van der Waals surface area contributed by atoms with Gasteiger partial charge in [0.25, 0.3) is 5.91 Å². The van der Waals surface area contributed by atoms with Gasteiger partial charge in [0.05, 0.1) is 30.2 Å². The Hall–Kier alpha value is -2.33. The highest BCUT2D eigenvalue weighted by molar-refractivity contribution is 6.33. The molecule has 1 amide bonds. The summed E-state index contributed by atoms with van der Waals surface area (Å²) in [6.45, 7) is 0. The number of aryl methyl sites for hydroxylation is 1. The molecule has 1 unspecified atom stereocenters. The van der Waals surface area contributed by atoms with Crippen LogP contribution in [0.3, 0.4) is 0 Å². The minimum Gasteiger partial charge on any atom is -0.469 e. The van der Waals surface area contributed by atoms with E-state index in [4.69, 9.17) is 16.3 Å². The molecule has 5 heteroatoms. The molecule has 0 spiro atoms. The van der Waals surface area contributed by atoms with E-state index in [1.165, 1.54) is 12.7 Å². The predicted molar refractivity (Wildman–Crippen MR) is 92.1 cm³/mol. The highest BCUT2D eigenvalue weighted by atomic mass is 35.5. The average molecular weight is 344 g/mol. The number of carbonyl (C=O) groups is 2. The first-order valence-electron chi connectivity index (χ1n) is 7.82. The molecule has 0 aromatic heterocycles. The zero-order valence-electron chi connectivity index (χ0n) is 13.3. The molecular weight excluding hydrogens is 326 g/mol. The van der Waals surface area contributed by atoms with Gasteiger partial charge >= 0.3 is 5.97 Å². The lowest BCUT2D eigenvalue weighted by molar-refractivity contribution is -0.139. The molecule has 2 aromatic rings. The van der Waals surface area contributed by atoms with E-state index in [1.54, 1.807) is 24.3 Å². The molecule has 4 nitrogen and oxygen atoms in total. The number of hydrogen-bond acceptors (Lipinski definition) is 3. The van der Waals surface area contributed by atoms with Crippen molar-refractivity contribution >= 4 is 23.5 Å². The van der Waals surface area contributed by atoms with Crippen LogP contribution in [-0.4, -0.2) is 19.0 Å². The van der Waals surface area contributed by atoms with Crippen molar-refractivity contribution in [2.45, 2.75) is 25.3 Å². The first kappa shape index (κ1) is 16.5. The molecule has 0 saturated carbocycles. The minimum absolute atomic E-state index is 0.0682. The van der Waals surface area contributed by atoms with E-state index in [9.17, 15) is 9.59 Å². The third-order valence-corrected chi connectivity index (χ3v) is 4.62. The molecule has 1 atom stereocenters. The zero-order valence-corrected chi connectivity index (χ0v) is 14.1. The standard InChI is InChI=1S/C19H18ClNO3/c1-24-18(22)11-12-6-7-13-8-9-17(15(13)10-12)21-19(23)14-4-2-3-5-16(14)20/h2-7,10,17H,8-9,11H2,1H3,(H,21,23). The molecule has 0 radical (unpaired) electrons.